The molecule has 0 aliphatic rings. The van der Waals surface area contributed by atoms with E-state index in [1.807, 2.05) is 24.3 Å². The Morgan fingerprint density at radius 2 is 2.05 bits per heavy atom. The molecule has 1 aromatic carbocycles. The van der Waals surface area contributed by atoms with Gasteiger partial charge in [-0.05, 0) is 31.2 Å². The van der Waals surface area contributed by atoms with Crippen LogP contribution in [0.2, 0.25) is 5.02 Å². The van der Waals surface area contributed by atoms with Gasteiger partial charge in [-0.3, -0.25) is 4.79 Å². The minimum Gasteiger partial charge on any atom is -0.451 e. The summed E-state index contributed by atoms with van der Waals surface area (Å²) in [4.78, 5) is 16.3. The number of pyridine rings is 1. The summed E-state index contributed by atoms with van der Waals surface area (Å²) < 4.78 is 5.49. The van der Waals surface area contributed by atoms with Gasteiger partial charge < -0.3 is 9.73 Å². The van der Waals surface area contributed by atoms with Crippen molar-refractivity contribution < 1.29 is 9.21 Å². The number of hydrogen-bond donors (Lipinski definition) is 1. The second kappa shape index (κ2) is 4.98. The molecule has 0 aliphatic carbocycles. The summed E-state index contributed by atoms with van der Waals surface area (Å²) in [6, 6.07) is 12.5. The van der Waals surface area contributed by atoms with Gasteiger partial charge in [-0.25, -0.2) is 4.98 Å². The summed E-state index contributed by atoms with van der Waals surface area (Å²) in [5, 5.41) is 4.13. The van der Waals surface area contributed by atoms with Gasteiger partial charge in [0, 0.05) is 5.39 Å². The Bertz CT molecular complexity index is 762. The first-order chi connectivity index (χ1) is 9.63. The van der Waals surface area contributed by atoms with Gasteiger partial charge in [-0.15, -0.1) is 0 Å². The summed E-state index contributed by atoms with van der Waals surface area (Å²) in [5.41, 5.74) is 1.34. The first kappa shape index (κ1) is 12.7. The highest BCUT2D eigenvalue weighted by atomic mass is 35.5. The smallest absolute Gasteiger partial charge is 0.292 e. The standard InChI is InChI=1S/C15H11ClN2O2/c1-9-11(16)6-7-14(17-9)18-15(19)13-8-10-4-2-3-5-12(10)20-13/h2-8H,1H3,(H,17,18,19). The maximum atomic E-state index is 12.1. The number of para-hydroxylation sites is 1. The Morgan fingerprint density at radius 1 is 1.25 bits per heavy atom. The van der Waals surface area contributed by atoms with Crippen molar-refractivity contribution in [3.63, 3.8) is 0 Å². The third-order valence-corrected chi connectivity index (χ3v) is 3.31. The fourth-order valence-electron chi connectivity index (χ4n) is 1.89. The molecular formula is C15H11ClN2O2. The van der Waals surface area contributed by atoms with Gasteiger partial charge in [0.15, 0.2) is 5.76 Å². The molecule has 0 radical (unpaired) electrons. The van der Waals surface area contributed by atoms with Crippen LogP contribution in [0, 0.1) is 6.92 Å². The Morgan fingerprint density at radius 3 is 2.80 bits per heavy atom. The summed E-state index contributed by atoms with van der Waals surface area (Å²) in [6.45, 7) is 1.78. The van der Waals surface area contributed by atoms with Crippen LogP contribution in [0.4, 0.5) is 5.82 Å². The Hall–Kier alpha value is -2.33. The summed E-state index contributed by atoms with van der Waals surface area (Å²) in [7, 11) is 0. The Kier molecular flexibility index (Phi) is 3.16. The van der Waals surface area contributed by atoms with Crippen molar-refractivity contribution in [2.24, 2.45) is 0 Å². The van der Waals surface area contributed by atoms with Crippen molar-refractivity contribution in [2.75, 3.05) is 5.32 Å². The maximum Gasteiger partial charge on any atom is 0.292 e. The molecule has 0 bridgehead atoms. The number of hydrogen-bond acceptors (Lipinski definition) is 3. The highest BCUT2D eigenvalue weighted by Crippen LogP contribution is 2.20. The number of fused-ring (bicyclic) bond motifs is 1. The van der Waals surface area contributed by atoms with E-state index >= 15 is 0 Å². The third-order valence-electron chi connectivity index (χ3n) is 2.91. The van der Waals surface area contributed by atoms with Crippen LogP contribution in [0.15, 0.2) is 46.9 Å². The number of rotatable bonds is 2. The number of benzene rings is 1. The van der Waals surface area contributed by atoms with Crippen molar-refractivity contribution in [3.8, 4) is 0 Å². The lowest BCUT2D eigenvalue weighted by atomic mass is 10.2. The molecule has 0 aliphatic heterocycles. The molecule has 4 nitrogen and oxygen atoms in total. The average Bonchev–Trinajstić information content (AvgIpc) is 2.87. The highest BCUT2D eigenvalue weighted by molar-refractivity contribution is 6.31. The zero-order valence-electron chi connectivity index (χ0n) is 10.7. The molecule has 1 N–H and O–H groups in total. The number of carbonyl (C=O) groups is 1. The van der Waals surface area contributed by atoms with Gasteiger partial charge in [-0.1, -0.05) is 29.8 Å². The number of aryl methyl sites for hydroxylation is 1. The van der Waals surface area contributed by atoms with Gasteiger partial charge >= 0.3 is 0 Å². The molecule has 0 saturated heterocycles. The van der Waals surface area contributed by atoms with Crippen molar-refractivity contribution in [3.05, 3.63) is 58.9 Å². The van der Waals surface area contributed by atoms with Crippen LogP contribution in [-0.4, -0.2) is 10.9 Å². The van der Waals surface area contributed by atoms with E-state index in [1.54, 1.807) is 25.1 Å². The summed E-state index contributed by atoms with van der Waals surface area (Å²) in [5.74, 6) is 0.355. The van der Waals surface area contributed by atoms with Crippen molar-refractivity contribution in [1.29, 1.82) is 0 Å². The normalized spacial score (nSPS) is 10.7. The lowest BCUT2D eigenvalue weighted by Gasteiger charge is -2.04. The zero-order chi connectivity index (χ0) is 14.1. The molecular weight excluding hydrogens is 276 g/mol. The number of nitrogens with one attached hydrogen (secondary N) is 1. The number of nitrogens with zero attached hydrogens (tertiary/aromatic N) is 1. The SMILES string of the molecule is Cc1nc(NC(=O)c2cc3ccccc3o2)ccc1Cl. The molecule has 3 rings (SSSR count). The van der Waals surface area contributed by atoms with Gasteiger partial charge in [0.2, 0.25) is 0 Å². The first-order valence-corrected chi connectivity index (χ1v) is 6.44. The van der Waals surface area contributed by atoms with E-state index in [9.17, 15) is 4.79 Å². The monoisotopic (exact) mass is 286 g/mol. The van der Waals surface area contributed by atoms with Crippen LogP contribution in [-0.2, 0) is 0 Å². The quantitative estimate of drug-likeness (QED) is 0.773. The summed E-state index contributed by atoms with van der Waals surface area (Å²) >= 11 is 5.89. The van der Waals surface area contributed by atoms with Crippen LogP contribution in [0.25, 0.3) is 11.0 Å². The predicted octanol–water partition coefficient (Wildman–Crippen LogP) is 4.04. The molecule has 0 spiro atoms. The van der Waals surface area contributed by atoms with E-state index in [4.69, 9.17) is 16.0 Å². The average molecular weight is 287 g/mol. The zero-order valence-corrected chi connectivity index (χ0v) is 11.4. The van der Waals surface area contributed by atoms with Gasteiger partial charge in [-0.2, -0.15) is 0 Å². The van der Waals surface area contributed by atoms with Crippen LogP contribution in [0.3, 0.4) is 0 Å². The van der Waals surface area contributed by atoms with Crippen LogP contribution in [0.5, 0.6) is 0 Å². The molecule has 20 heavy (non-hydrogen) atoms. The summed E-state index contributed by atoms with van der Waals surface area (Å²) in [6.07, 6.45) is 0. The molecule has 5 heteroatoms. The number of carbonyl (C=O) groups excluding carboxylic acids is 1. The second-order valence-electron chi connectivity index (χ2n) is 4.37. The van der Waals surface area contributed by atoms with Gasteiger partial charge in [0.1, 0.15) is 11.4 Å². The molecule has 3 aromatic rings. The molecule has 1 amide bonds. The van der Waals surface area contributed by atoms with Crippen LogP contribution in [0.1, 0.15) is 16.2 Å². The number of anilines is 1. The largest absolute Gasteiger partial charge is 0.451 e. The maximum absolute atomic E-state index is 12.1. The van der Waals surface area contributed by atoms with E-state index in [2.05, 4.69) is 10.3 Å². The molecule has 100 valence electrons. The van der Waals surface area contributed by atoms with E-state index in [-0.39, 0.29) is 11.7 Å². The van der Waals surface area contributed by atoms with E-state index in [0.29, 0.717) is 22.1 Å². The number of aromatic nitrogens is 1. The predicted molar refractivity (Wildman–Crippen MR) is 78.2 cm³/mol. The fraction of sp³-hybridized carbons (Fsp3) is 0.0667. The highest BCUT2D eigenvalue weighted by Gasteiger charge is 2.13. The second-order valence-corrected chi connectivity index (χ2v) is 4.77. The van der Waals surface area contributed by atoms with Gasteiger partial charge in [0.05, 0.1) is 10.7 Å². The minimum absolute atomic E-state index is 0.251. The van der Waals surface area contributed by atoms with Crippen molar-refractivity contribution in [1.82, 2.24) is 4.98 Å². The molecule has 0 unspecified atom stereocenters. The molecule has 0 atom stereocenters. The Labute approximate surface area is 120 Å². The van der Waals surface area contributed by atoms with E-state index < -0.39 is 0 Å². The van der Waals surface area contributed by atoms with Crippen molar-refractivity contribution in [2.45, 2.75) is 6.92 Å². The number of furan rings is 1. The number of amides is 1. The van der Waals surface area contributed by atoms with E-state index in [0.717, 1.165) is 5.39 Å². The van der Waals surface area contributed by atoms with E-state index in [1.165, 1.54) is 0 Å². The molecule has 0 saturated carbocycles. The lowest BCUT2D eigenvalue weighted by molar-refractivity contribution is 0.0998. The topological polar surface area (TPSA) is 55.1 Å². The molecule has 2 heterocycles. The van der Waals surface area contributed by atoms with Gasteiger partial charge in [0.25, 0.3) is 5.91 Å². The molecule has 0 fully saturated rings. The van der Waals surface area contributed by atoms with Crippen LogP contribution < -0.4 is 5.32 Å². The van der Waals surface area contributed by atoms with Crippen molar-refractivity contribution >= 4 is 34.3 Å². The van der Waals surface area contributed by atoms with Crippen LogP contribution >= 0.6 is 11.6 Å². The lowest BCUT2D eigenvalue weighted by Crippen LogP contribution is -2.12. The fourth-order valence-corrected chi connectivity index (χ4v) is 1.99. The minimum atomic E-state index is -0.338. The number of halogens is 1. The third kappa shape index (κ3) is 2.38. The Balaban J connectivity index is 1.86. The molecule has 2 aromatic heterocycles. The first-order valence-electron chi connectivity index (χ1n) is 6.06.